The maximum Gasteiger partial charge on any atom is 0.239 e. The Balaban J connectivity index is 0.00000121. The van der Waals surface area contributed by atoms with Crippen LogP contribution in [0.25, 0.3) is 0 Å². The molecule has 1 saturated heterocycles. The van der Waals surface area contributed by atoms with Gasteiger partial charge in [-0.25, -0.2) is 9.88 Å². The van der Waals surface area contributed by atoms with Crippen molar-refractivity contribution in [1.82, 2.24) is 4.98 Å². The zero-order chi connectivity index (χ0) is 13.3. The number of hydrogen-bond acceptors (Lipinski definition) is 4. The Morgan fingerprint density at radius 2 is 1.70 bits per heavy atom. The Kier molecular flexibility index (Phi) is 3.76. The second-order valence-electron chi connectivity index (χ2n) is 5.33. The fraction of sp³-hybridized carbons (Fsp3) is 0.583. The van der Waals surface area contributed by atoms with Gasteiger partial charge in [0.25, 0.3) is 0 Å². The fourth-order valence-electron chi connectivity index (χ4n) is 3.86. The van der Waals surface area contributed by atoms with Crippen LogP contribution in [0.2, 0.25) is 0 Å². The SMILES string of the molecule is Cl.O=C1C2C3CC(C(Br)C3Br)C2C(=O)N1c1nccs1. The highest BCUT2D eigenvalue weighted by Crippen LogP contribution is 2.60. The number of fused-ring (bicyclic) bond motifs is 5. The lowest BCUT2D eigenvalue weighted by molar-refractivity contribution is -0.123. The second-order valence-corrected chi connectivity index (χ2v) is 8.32. The molecule has 2 amide bonds. The number of rotatable bonds is 1. The van der Waals surface area contributed by atoms with Crippen LogP contribution in [0, 0.1) is 23.7 Å². The maximum absolute atomic E-state index is 12.6. The highest BCUT2D eigenvalue weighted by molar-refractivity contribution is 9.12. The quantitative estimate of drug-likeness (QED) is 0.497. The second kappa shape index (κ2) is 5.04. The van der Waals surface area contributed by atoms with Crippen LogP contribution < -0.4 is 4.90 Å². The third-order valence-corrected chi connectivity index (χ3v) is 8.56. The summed E-state index contributed by atoms with van der Waals surface area (Å²) in [6, 6.07) is 0. The van der Waals surface area contributed by atoms with Crippen molar-refractivity contribution in [2.75, 3.05) is 4.90 Å². The predicted octanol–water partition coefficient (Wildman–Crippen LogP) is 2.85. The molecule has 20 heavy (non-hydrogen) atoms. The van der Waals surface area contributed by atoms with Crippen molar-refractivity contribution in [3.8, 4) is 0 Å². The first kappa shape index (κ1) is 14.9. The highest BCUT2D eigenvalue weighted by Gasteiger charge is 2.66. The van der Waals surface area contributed by atoms with Crippen LogP contribution in [-0.4, -0.2) is 26.5 Å². The minimum Gasteiger partial charge on any atom is -0.274 e. The van der Waals surface area contributed by atoms with Gasteiger partial charge >= 0.3 is 0 Å². The summed E-state index contributed by atoms with van der Waals surface area (Å²) in [5, 5.41) is 2.31. The molecule has 2 heterocycles. The van der Waals surface area contributed by atoms with Crippen molar-refractivity contribution in [1.29, 1.82) is 0 Å². The number of amides is 2. The van der Waals surface area contributed by atoms with Crippen LogP contribution in [-0.2, 0) is 9.59 Å². The van der Waals surface area contributed by atoms with E-state index in [1.807, 2.05) is 0 Å². The molecule has 1 aliphatic heterocycles. The molecule has 8 heteroatoms. The van der Waals surface area contributed by atoms with Gasteiger partial charge in [0, 0.05) is 21.2 Å². The van der Waals surface area contributed by atoms with Gasteiger partial charge in [-0.3, -0.25) is 9.59 Å². The van der Waals surface area contributed by atoms with Crippen molar-refractivity contribution < 1.29 is 9.59 Å². The molecule has 3 fully saturated rings. The van der Waals surface area contributed by atoms with Crippen LogP contribution in [0.3, 0.4) is 0 Å². The van der Waals surface area contributed by atoms with E-state index >= 15 is 0 Å². The molecule has 108 valence electrons. The molecule has 0 spiro atoms. The summed E-state index contributed by atoms with van der Waals surface area (Å²) >= 11 is 8.68. The minimum atomic E-state index is -0.153. The summed E-state index contributed by atoms with van der Waals surface area (Å²) in [4.78, 5) is 31.1. The minimum absolute atomic E-state index is 0. The first-order chi connectivity index (χ1) is 9.11. The summed E-state index contributed by atoms with van der Waals surface area (Å²) in [6.45, 7) is 0. The number of nitrogens with zero attached hydrogens (tertiary/aromatic N) is 2. The van der Waals surface area contributed by atoms with Crippen molar-refractivity contribution >= 4 is 72.5 Å². The van der Waals surface area contributed by atoms with E-state index < -0.39 is 0 Å². The van der Waals surface area contributed by atoms with Gasteiger partial charge in [0.2, 0.25) is 11.8 Å². The Hall–Kier alpha value is 0.0200. The van der Waals surface area contributed by atoms with Crippen LogP contribution >= 0.6 is 55.6 Å². The van der Waals surface area contributed by atoms with Gasteiger partial charge in [0.1, 0.15) is 0 Å². The van der Waals surface area contributed by atoms with E-state index in [0.717, 1.165) is 6.42 Å². The van der Waals surface area contributed by atoms with E-state index in [2.05, 4.69) is 36.8 Å². The molecule has 4 rings (SSSR count). The van der Waals surface area contributed by atoms with Crippen molar-refractivity contribution in [2.45, 2.75) is 16.1 Å². The topological polar surface area (TPSA) is 50.3 Å². The van der Waals surface area contributed by atoms with Gasteiger partial charge in [0.05, 0.1) is 11.8 Å². The molecule has 4 nitrogen and oxygen atoms in total. The van der Waals surface area contributed by atoms with Gasteiger partial charge in [-0.2, -0.15) is 0 Å². The number of hydrogen-bond donors (Lipinski definition) is 0. The first-order valence-corrected chi connectivity index (χ1v) is 8.88. The van der Waals surface area contributed by atoms with E-state index in [1.165, 1.54) is 16.2 Å². The fourth-order valence-corrected chi connectivity index (χ4v) is 6.39. The van der Waals surface area contributed by atoms with Crippen LogP contribution in [0.15, 0.2) is 11.6 Å². The number of alkyl halides is 2. The third-order valence-electron chi connectivity index (χ3n) is 4.60. The Labute approximate surface area is 143 Å². The lowest BCUT2D eigenvalue weighted by Crippen LogP contribution is -2.37. The number of halogens is 3. The predicted molar refractivity (Wildman–Crippen MR) is 85.9 cm³/mol. The summed E-state index contributed by atoms with van der Waals surface area (Å²) < 4.78 is 0. The first-order valence-electron chi connectivity index (χ1n) is 6.16. The van der Waals surface area contributed by atoms with Crippen LogP contribution in [0.5, 0.6) is 0 Å². The van der Waals surface area contributed by atoms with Gasteiger partial charge in [-0.15, -0.1) is 23.7 Å². The largest absolute Gasteiger partial charge is 0.274 e. The molecule has 6 unspecified atom stereocenters. The number of imide groups is 1. The van der Waals surface area contributed by atoms with Crippen LogP contribution in [0.4, 0.5) is 5.13 Å². The molecular weight excluding hydrogens is 431 g/mol. The van der Waals surface area contributed by atoms with Crippen molar-refractivity contribution in [3.05, 3.63) is 11.6 Å². The molecule has 1 aromatic rings. The number of carbonyl (C=O) groups excluding carboxylic acids is 2. The molecule has 0 aromatic carbocycles. The van der Waals surface area contributed by atoms with Gasteiger partial charge in [-0.05, 0) is 18.3 Å². The maximum atomic E-state index is 12.6. The lowest BCUT2D eigenvalue weighted by Gasteiger charge is -2.28. The van der Waals surface area contributed by atoms with E-state index in [-0.39, 0.29) is 57.5 Å². The summed E-state index contributed by atoms with van der Waals surface area (Å²) in [6.07, 6.45) is 2.59. The smallest absolute Gasteiger partial charge is 0.239 e. The molecule has 2 saturated carbocycles. The van der Waals surface area contributed by atoms with E-state index in [1.54, 1.807) is 11.6 Å². The molecular formula is C12H11Br2ClN2O2S. The number of thiazole rings is 1. The van der Waals surface area contributed by atoms with Gasteiger partial charge < -0.3 is 0 Å². The Bertz CT molecular complexity index is 538. The lowest BCUT2D eigenvalue weighted by atomic mass is 9.81. The summed E-state index contributed by atoms with van der Waals surface area (Å²) in [5.74, 6) is 0.114. The molecule has 3 aliphatic rings. The average molecular weight is 443 g/mol. The summed E-state index contributed by atoms with van der Waals surface area (Å²) in [7, 11) is 0. The van der Waals surface area contributed by atoms with E-state index in [4.69, 9.17) is 0 Å². The zero-order valence-electron chi connectivity index (χ0n) is 10.1. The van der Waals surface area contributed by atoms with E-state index in [0.29, 0.717) is 5.13 Å². The monoisotopic (exact) mass is 440 g/mol. The molecule has 0 radical (unpaired) electrons. The van der Waals surface area contributed by atoms with Crippen LogP contribution in [0.1, 0.15) is 6.42 Å². The van der Waals surface area contributed by atoms with E-state index in [9.17, 15) is 9.59 Å². The number of aromatic nitrogens is 1. The van der Waals surface area contributed by atoms with Gasteiger partial charge in [0.15, 0.2) is 5.13 Å². The molecule has 6 atom stereocenters. The van der Waals surface area contributed by atoms with Crippen molar-refractivity contribution in [2.24, 2.45) is 23.7 Å². The average Bonchev–Trinajstić information content (AvgIpc) is 3.10. The molecule has 0 N–H and O–H groups in total. The highest BCUT2D eigenvalue weighted by atomic mass is 79.9. The summed E-state index contributed by atoms with van der Waals surface area (Å²) in [5.41, 5.74) is 0. The Morgan fingerprint density at radius 1 is 1.15 bits per heavy atom. The number of anilines is 1. The standard InChI is InChI=1S/C12H10Br2N2O2S.ClH/c13-8-4-3-5(9(8)14)7-6(4)10(17)16(11(7)18)12-15-1-2-19-12;/h1-2,4-9H,3H2;1H. The normalized spacial score (nSPS) is 42.0. The molecule has 2 bridgehead atoms. The van der Waals surface area contributed by atoms with Crippen molar-refractivity contribution in [3.63, 3.8) is 0 Å². The zero-order valence-corrected chi connectivity index (χ0v) is 14.9. The molecule has 1 aromatic heterocycles. The molecule has 2 aliphatic carbocycles. The Morgan fingerprint density at radius 3 is 2.15 bits per heavy atom. The third kappa shape index (κ3) is 1.72. The number of carbonyl (C=O) groups is 2. The van der Waals surface area contributed by atoms with Gasteiger partial charge in [-0.1, -0.05) is 31.9 Å².